The molecule has 6 nitrogen and oxygen atoms in total. The molecule has 0 aliphatic carbocycles. The first kappa shape index (κ1) is 18.1. The van der Waals surface area contributed by atoms with Crippen molar-refractivity contribution >= 4 is 37.5 Å². The van der Waals surface area contributed by atoms with Crippen molar-refractivity contribution < 1.29 is 13.2 Å². The summed E-state index contributed by atoms with van der Waals surface area (Å²) in [5, 5.41) is 3.54. The van der Waals surface area contributed by atoms with Gasteiger partial charge in [0.25, 0.3) is 5.91 Å². The predicted octanol–water partition coefficient (Wildman–Crippen LogP) is 2.14. The standard InChI is InChI=1S/C18H15N3O3S2/c1-2-10-20-26(23,24)14-7-5-6-13(11-14)18(22)19-12-17-21-15-8-3-4-9-16(15)25-17/h1,3-9,11,20H,10,12H2,(H,19,22). The van der Waals surface area contributed by atoms with Crippen molar-refractivity contribution in [3.05, 3.63) is 59.1 Å². The van der Waals surface area contributed by atoms with Crippen LogP contribution in [-0.4, -0.2) is 25.9 Å². The van der Waals surface area contributed by atoms with Crippen molar-refractivity contribution in [1.82, 2.24) is 15.0 Å². The molecule has 3 rings (SSSR count). The molecule has 0 spiro atoms. The van der Waals surface area contributed by atoms with Gasteiger partial charge in [0, 0.05) is 5.56 Å². The van der Waals surface area contributed by atoms with E-state index in [4.69, 9.17) is 6.42 Å². The van der Waals surface area contributed by atoms with Crippen molar-refractivity contribution in [2.45, 2.75) is 11.4 Å². The number of hydrogen-bond donors (Lipinski definition) is 2. The Morgan fingerprint density at radius 3 is 2.77 bits per heavy atom. The third-order valence-electron chi connectivity index (χ3n) is 3.51. The molecule has 1 amide bonds. The van der Waals surface area contributed by atoms with E-state index in [0.29, 0.717) is 0 Å². The third-order valence-corrected chi connectivity index (χ3v) is 5.94. The Morgan fingerprint density at radius 2 is 2.00 bits per heavy atom. The first-order valence-electron chi connectivity index (χ1n) is 7.65. The molecule has 0 unspecified atom stereocenters. The van der Waals surface area contributed by atoms with Crippen LogP contribution in [0.4, 0.5) is 0 Å². The van der Waals surface area contributed by atoms with Crippen molar-refractivity contribution in [3.63, 3.8) is 0 Å². The predicted molar refractivity (Wildman–Crippen MR) is 101 cm³/mol. The minimum Gasteiger partial charge on any atom is -0.346 e. The van der Waals surface area contributed by atoms with E-state index in [1.807, 2.05) is 24.3 Å². The Balaban J connectivity index is 1.72. The van der Waals surface area contributed by atoms with Gasteiger partial charge < -0.3 is 5.32 Å². The Bertz CT molecular complexity index is 1070. The van der Waals surface area contributed by atoms with Crippen LogP contribution in [0, 0.1) is 12.3 Å². The summed E-state index contributed by atoms with van der Waals surface area (Å²) in [6.45, 7) is 0.154. The Hall–Kier alpha value is -2.73. The van der Waals surface area contributed by atoms with Gasteiger partial charge in [0.15, 0.2) is 0 Å². The maximum absolute atomic E-state index is 12.3. The zero-order chi connectivity index (χ0) is 18.6. The van der Waals surface area contributed by atoms with Crippen LogP contribution < -0.4 is 10.0 Å². The second kappa shape index (κ2) is 7.66. The van der Waals surface area contributed by atoms with Crippen LogP contribution in [-0.2, 0) is 16.6 Å². The third kappa shape index (κ3) is 4.08. The smallest absolute Gasteiger partial charge is 0.251 e. The number of terminal acetylenes is 1. The number of carbonyl (C=O) groups excluding carboxylic acids is 1. The number of carbonyl (C=O) groups is 1. The average Bonchev–Trinajstić information content (AvgIpc) is 3.07. The molecular formula is C18H15N3O3S2. The first-order valence-corrected chi connectivity index (χ1v) is 9.95. The molecule has 1 aromatic heterocycles. The van der Waals surface area contributed by atoms with Gasteiger partial charge >= 0.3 is 0 Å². The number of aromatic nitrogens is 1. The molecule has 0 fully saturated rings. The highest BCUT2D eigenvalue weighted by molar-refractivity contribution is 7.89. The summed E-state index contributed by atoms with van der Waals surface area (Å²) in [6, 6.07) is 13.5. The van der Waals surface area contributed by atoms with E-state index in [0.717, 1.165) is 15.2 Å². The van der Waals surface area contributed by atoms with Crippen molar-refractivity contribution in [2.75, 3.05) is 6.54 Å². The summed E-state index contributed by atoms with van der Waals surface area (Å²) >= 11 is 1.50. The van der Waals surface area contributed by atoms with Crippen molar-refractivity contribution in [3.8, 4) is 12.3 Å². The van der Waals surface area contributed by atoms with Crippen molar-refractivity contribution in [1.29, 1.82) is 0 Å². The Kier molecular flexibility index (Phi) is 5.32. The number of nitrogens with zero attached hydrogens (tertiary/aromatic N) is 1. The van der Waals surface area contributed by atoms with E-state index in [-0.39, 0.29) is 29.5 Å². The number of rotatable bonds is 6. The Morgan fingerprint density at radius 1 is 1.19 bits per heavy atom. The number of sulfonamides is 1. The first-order chi connectivity index (χ1) is 12.5. The van der Waals surface area contributed by atoms with Crippen LogP contribution in [0.25, 0.3) is 10.2 Å². The van der Waals surface area contributed by atoms with Crippen LogP contribution >= 0.6 is 11.3 Å². The minimum absolute atomic E-state index is 0.0135. The van der Waals surface area contributed by atoms with Crippen LogP contribution in [0.5, 0.6) is 0 Å². The molecule has 132 valence electrons. The van der Waals surface area contributed by atoms with Gasteiger partial charge in [0.1, 0.15) is 5.01 Å². The second-order valence-electron chi connectivity index (χ2n) is 5.31. The van der Waals surface area contributed by atoms with E-state index in [2.05, 4.69) is 20.9 Å². The molecule has 0 bridgehead atoms. The molecule has 2 N–H and O–H groups in total. The van der Waals surface area contributed by atoms with Crippen molar-refractivity contribution in [2.24, 2.45) is 0 Å². The van der Waals surface area contributed by atoms with Gasteiger partial charge in [0.2, 0.25) is 10.0 Å². The van der Waals surface area contributed by atoms with Gasteiger partial charge in [-0.2, -0.15) is 4.72 Å². The maximum atomic E-state index is 12.3. The lowest BCUT2D eigenvalue weighted by Crippen LogP contribution is -2.25. The highest BCUT2D eigenvalue weighted by Gasteiger charge is 2.15. The number of amides is 1. The quantitative estimate of drug-likeness (QED) is 0.637. The highest BCUT2D eigenvalue weighted by atomic mass is 32.2. The number of nitrogens with one attached hydrogen (secondary N) is 2. The van der Waals surface area contributed by atoms with Gasteiger partial charge in [-0.15, -0.1) is 17.8 Å². The Labute approximate surface area is 155 Å². The number of hydrogen-bond acceptors (Lipinski definition) is 5. The van der Waals surface area contributed by atoms with Gasteiger partial charge in [-0.1, -0.05) is 24.1 Å². The van der Waals surface area contributed by atoms with E-state index in [1.165, 1.54) is 29.5 Å². The largest absolute Gasteiger partial charge is 0.346 e. The number of para-hydroxylation sites is 1. The van der Waals surface area contributed by atoms with Gasteiger partial charge in [-0.25, -0.2) is 13.4 Å². The summed E-state index contributed by atoms with van der Waals surface area (Å²) in [5.41, 5.74) is 1.13. The lowest BCUT2D eigenvalue weighted by Gasteiger charge is -2.07. The van der Waals surface area contributed by atoms with E-state index in [9.17, 15) is 13.2 Å². The van der Waals surface area contributed by atoms with Gasteiger partial charge in [-0.05, 0) is 30.3 Å². The topological polar surface area (TPSA) is 88.2 Å². The normalized spacial score (nSPS) is 11.2. The number of fused-ring (bicyclic) bond motifs is 1. The molecule has 8 heteroatoms. The summed E-state index contributed by atoms with van der Waals surface area (Å²) < 4.78 is 27.5. The fraction of sp³-hybridized carbons (Fsp3) is 0.111. The molecular weight excluding hydrogens is 370 g/mol. The number of benzene rings is 2. The maximum Gasteiger partial charge on any atom is 0.251 e. The van der Waals surface area contributed by atoms with Crippen LogP contribution in [0.15, 0.2) is 53.4 Å². The summed E-state index contributed by atoms with van der Waals surface area (Å²) in [6.07, 6.45) is 5.07. The molecule has 0 aliphatic heterocycles. The minimum atomic E-state index is -3.75. The van der Waals surface area contributed by atoms with Gasteiger partial charge in [0.05, 0.1) is 28.2 Å². The molecule has 2 aromatic carbocycles. The molecule has 0 atom stereocenters. The van der Waals surface area contributed by atoms with Crippen LogP contribution in [0.2, 0.25) is 0 Å². The second-order valence-corrected chi connectivity index (χ2v) is 8.20. The average molecular weight is 385 g/mol. The SMILES string of the molecule is C#CCNS(=O)(=O)c1cccc(C(=O)NCc2nc3ccccc3s2)c1. The molecule has 26 heavy (non-hydrogen) atoms. The van der Waals surface area contributed by atoms with Crippen LogP contribution in [0.3, 0.4) is 0 Å². The lowest BCUT2D eigenvalue weighted by molar-refractivity contribution is 0.0950. The monoisotopic (exact) mass is 385 g/mol. The highest BCUT2D eigenvalue weighted by Crippen LogP contribution is 2.21. The molecule has 0 saturated heterocycles. The molecule has 1 heterocycles. The summed E-state index contributed by atoms with van der Waals surface area (Å²) in [4.78, 5) is 16.8. The van der Waals surface area contributed by atoms with E-state index < -0.39 is 10.0 Å². The zero-order valence-corrected chi connectivity index (χ0v) is 15.2. The number of thiazole rings is 1. The van der Waals surface area contributed by atoms with Crippen LogP contribution in [0.1, 0.15) is 15.4 Å². The summed E-state index contributed by atoms with van der Waals surface area (Å²) in [7, 11) is -3.75. The molecule has 0 saturated carbocycles. The van der Waals surface area contributed by atoms with Gasteiger partial charge in [-0.3, -0.25) is 4.79 Å². The lowest BCUT2D eigenvalue weighted by atomic mass is 10.2. The fourth-order valence-corrected chi connectivity index (χ4v) is 4.16. The molecule has 0 aliphatic rings. The van der Waals surface area contributed by atoms with E-state index >= 15 is 0 Å². The summed E-state index contributed by atoms with van der Waals surface area (Å²) in [5.74, 6) is 1.83. The van der Waals surface area contributed by atoms with E-state index in [1.54, 1.807) is 6.07 Å². The fourth-order valence-electron chi connectivity index (χ4n) is 2.28. The molecule has 0 radical (unpaired) electrons. The zero-order valence-electron chi connectivity index (χ0n) is 13.6. The molecule has 3 aromatic rings.